The van der Waals surface area contributed by atoms with E-state index < -0.39 is 0 Å². The Hall–Kier alpha value is -2.96. The van der Waals surface area contributed by atoms with Gasteiger partial charge in [0, 0.05) is 37.9 Å². The zero-order valence-corrected chi connectivity index (χ0v) is 15.5. The van der Waals surface area contributed by atoms with Crippen LogP contribution in [-0.4, -0.2) is 38.5 Å². The normalized spacial score (nSPS) is 15.2. The molecule has 1 amide bonds. The number of amides is 1. The molecule has 0 bridgehead atoms. The molecule has 0 aliphatic carbocycles. The predicted octanol–water partition coefficient (Wildman–Crippen LogP) is 3.09. The van der Waals surface area contributed by atoms with E-state index in [2.05, 4.69) is 36.7 Å². The van der Waals surface area contributed by atoms with Crippen LogP contribution in [0, 0.1) is 5.92 Å². The molecule has 140 valence electrons. The minimum absolute atomic E-state index is 0.00666. The number of imidazole rings is 1. The van der Waals surface area contributed by atoms with Crippen LogP contribution < -0.4 is 10.2 Å². The van der Waals surface area contributed by atoms with Gasteiger partial charge in [0.1, 0.15) is 5.82 Å². The molecule has 1 N–H and O–H groups in total. The molecule has 27 heavy (non-hydrogen) atoms. The van der Waals surface area contributed by atoms with Gasteiger partial charge >= 0.3 is 0 Å². The average molecular weight is 364 g/mol. The lowest BCUT2D eigenvalue weighted by Crippen LogP contribution is -2.38. The van der Waals surface area contributed by atoms with Gasteiger partial charge < -0.3 is 9.47 Å². The van der Waals surface area contributed by atoms with Crippen molar-refractivity contribution in [3.05, 3.63) is 42.9 Å². The molecule has 0 atom stereocenters. The SMILES string of the molecule is CCCn1c(NC(=O)C2CCN(c3cnccn3)CC2)nc2ccccc21. The fourth-order valence-electron chi connectivity index (χ4n) is 3.66. The number of aromatic nitrogens is 4. The molecular weight excluding hydrogens is 340 g/mol. The van der Waals surface area contributed by atoms with Crippen molar-refractivity contribution in [2.24, 2.45) is 5.92 Å². The van der Waals surface area contributed by atoms with E-state index in [9.17, 15) is 4.79 Å². The predicted molar refractivity (Wildman–Crippen MR) is 106 cm³/mol. The summed E-state index contributed by atoms with van der Waals surface area (Å²) in [4.78, 5) is 28.1. The summed E-state index contributed by atoms with van der Waals surface area (Å²) < 4.78 is 2.10. The Morgan fingerprint density at radius 2 is 2.04 bits per heavy atom. The lowest BCUT2D eigenvalue weighted by atomic mass is 9.96. The molecule has 1 aromatic carbocycles. The molecule has 0 radical (unpaired) electrons. The van der Waals surface area contributed by atoms with E-state index >= 15 is 0 Å². The minimum Gasteiger partial charge on any atom is -0.355 e. The maximum Gasteiger partial charge on any atom is 0.229 e. The molecule has 1 aliphatic heterocycles. The Balaban J connectivity index is 1.44. The van der Waals surface area contributed by atoms with Crippen molar-refractivity contribution in [1.82, 2.24) is 19.5 Å². The van der Waals surface area contributed by atoms with Crippen LogP contribution >= 0.6 is 0 Å². The second kappa shape index (κ2) is 7.73. The summed E-state index contributed by atoms with van der Waals surface area (Å²) >= 11 is 0. The van der Waals surface area contributed by atoms with Gasteiger partial charge in [-0.1, -0.05) is 19.1 Å². The number of aryl methyl sites for hydroxylation is 1. The van der Waals surface area contributed by atoms with Crippen LogP contribution in [0.25, 0.3) is 11.0 Å². The first kappa shape index (κ1) is 17.5. The summed E-state index contributed by atoms with van der Waals surface area (Å²) in [5.74, 6) is 1.58. The molecule has 1 aliphatic rings. The van der Waals surface area contributed by atoms with Crippen molar-refractivity contribution in [3.63, 3.8) is 0 Å². The molecule has 3 aromatic rings. The van der Waals surface area contributed by atoms with Crippen molar-refractivity contribution in [2.45, 2.75) is 32.7 Å². The highest BCUT2D eigenvalue weighted by atomic mass is 16.2. The molecule has 1 saturated heterocycles. The van der Waals surface area contributed by atoms with Crippen LogP contribution in [0.15, 0.2) is 42.9 Å². The maximum atomic E-state index is 12.8. The van der Waals surface area contributed by atoms with Gasteiger partial charge in [-0.3, -0.25) is 15.1 Å². The number of hydrogen-bond donors (Lipinski definition) is 1. The number of carbonyl (C=O) groups excluding carboxylic acids is 1. The van der Waals surface area contributed by atoms with Gasteiger partial charge in [0.2, 0.25) is 11.9 Å². The molecule has 1 fully saturated rings. The summed E-state index contributed by atoms with van der Waals surface area (Å²) in [6.07, 6.45) is 7.73. The van der Waals surface area contributed by atoms with Gasteiger partial charge in [0.15, 0.2) is 0 Å². The zero-order chi connectivity index (χ0) is 18.6. The largest absolute Gasteiger partial charge is 0.355 e. The first-order chi connectivity index (χ1) is 13.3. The Morgan fingerprint density at radius 1 is 1.22 bits per heavy atom. The molecule has 0 saturated carbocycles. The van der Waals surface area contributed by atoms with Crippen molar-refractivity contribution in [2.75, 3.05) is 23.3 Å². The number of rotatable bonds is 5. The fourth-order valence-corrected chi connectivity index (χ4v) is 3.66. The van der Waals surface area contributed by atoms with Crippen molar-refractivity contribution < 1.29 is 4.79 Å². The quantitative estimate of drug-likeness (QED) is 0.753. The smallest absolute Gasteiger partial charge is 0.229 e. The molecule has 3 heterocycles. The number of fused-ring (bicyclic) bond motifs is 1. The number of piperidine rings is 1. The third-order valence-electron chi connectivity index (χ3n) is 5.08. The highest BCUT2D eigenvalue weighted by Crippen LogP contribution is 2.24. The standard InChI is InChI=1S/C20H24N6O/c1-2-11-26-17-6-4-3-5-16(17)23-20(26)24-19(27)15-7-12-25(13-8-15)18-14-21-9-10-22-18/h3-6,9-10,14-15H,2,7-8,11-13H2,1H3,(H,23,24,27). The molecule has 4 rings (SSSR count). The third-order valence-corrected chi connectivity index (χ3v) is 5.08. The van der Waals surface area contributed by atoms with Crippen LogP contribution in [0.2, 0.25) is 0 Å². The first-order valence-electron chi connectivity index (χ1n) is 9.53. The average Bonchev–Trinajstić information content (AvgIpc) is 3.06. The summed E-state index contributed by atoms with van der Waals surface area (Å²) in [6.45, 7) is 4.58. The van der Waals surface area contributed by atoms with Crippen molar-refractivity contribution in [1.29, 1.82) is 0 Å². The molecule has 0 spiro atoms. The van der Waals surface area contributed by atoms with E-state index in [1.807, 2.05) is 24.3 Å². The Kier molecular flexibility index (Phi) is 5.00. The van der Waals surface area contributed by atoms with Gasteiger partial charge in [-0.2, -0.15) is 0 Å². The Morgan fingerprint density at radius 3 is 2.78 bits per heavy atom. The number of para-hydroxylation sites is 2. The zero-order valence-electron chi connectivity index (χ0n) is 15.5. The van der Waals surface area contributed by atoms with Crippen LogP contribution in [0.1, 0.15) is 26.2 Å². The van der Waals surface area contributed by atoms with Gasteiger partial charge in [0.05, 0.1) is 17.2 Å². The third kappa shape index (κ3) is 3.63. The lowest BCUT2D eigenvalue weighted by Gasteiger charge is -2.31. The molecule has 7 nitrogen and oxygen atoms in total. The van der Waals surface area contributed by atoms with Gasteiger partial charge in [-0.05, 0) is 31.4 Å². The van der Waals surface area contributed by atoms with E-state index in [0.29, 0.717) is 5.95 Å². The summed E-state index contributed by atoms with van der Waals surface area (Å²) in [7, 11) is 0. The van der Waals surface area contributed by atoms with Crippen molar-refractivity contribution in [3.8, 4) is 0 Å². The van der Waals surface area contributed by atoms with Crippen molar-refractivity contribution >= 4 is 28.7 Å². The first-order valence-corrected chi connectivity index (χ1v) is 9.53. The van der Waals surface area contributed by atoms with Crippen LogP contribution in [-0.2, 0) is 11.3 Å². The maximum absolute atomic E-state index is 12.8. The number of anilines is 2. The topological polar surface area (TPSA) is 75.9 Å². The Bertz CT molecular complexity index is 915. The highest BCUT2D eigenvalue weighted by Gasteiger charge is 2.26. The van der Waals surface area contributed by atoms with Crippen LogP contribution in [0.3, 0.4) is 0 Å². The van der Waals surface area contributed by atoms with E-state index in [4.69, 9.17) is 0 Å². The highest BCUT2D eigenvalue weighted by molar-refractivity contribution is 5.93. The van der Waals surface area contributed by atoms with Crippen LogP contribution in [0.4, 0.5) is 11.8 Å². The number of nitrogens with one attached hydrogen (secondary N) is 1. The lowest BCUT2D eigenvalue weighted by molar-refractivity contribution is -0.120. The number of hydrogen-bond acceptors (Lipinski definition) is 5. The fraction of sp³-hybridized carbons (Fsp3) is 0.400. The summed E-state index contributed by atoms with van der Waals surface area (Å²) in [5, 5.41) is 3.08. The Labute approximate surface area is 158 Å². The second-order valence-electron chi connectivity index (χ2n) is 6.89. The molecule has 7 heteroatoms. The van der Waals surface area contributed by atoms with E-state index in [0.717, 1.165) is 55.7 Å². The number of nitrogens with zero attached hydrogens (tertiary/aromatic N) is 5. The number of benzene rings is 1. The van der Waals surface area contributed by atoms with Gasteiger partial charge in [0.25, 0.3) is 0 Å². The summed E-state index contributed by atoms with van der Waals surface area (Å²) in [5.41, 5.74) is 1.98. The van der Waals surface area contributed by atoms with E-state index in [1.165, 1.54) is 0 Å². The second-order valence-corrected chi connectivity index (χ2v) is 6.89. The van der Waals surface area contributed by atoms with Gasteiger partial charge in [-0.15, -0.1) is 0 Å². The van der Waals surface area contributed by atoms with Gasteiger partial charge in [-0.25, -0.2) is 9.97 Å². The number of carbonyl (C=O) groups is 1. The monoisotopic (exact) mass is 364 g/mol. The van der Waals surface area contributed by atoms with Crippen LogP contribution in [0.5, 0.6) is 0 Å². The van der Waals surface area contributed by atoms with E-state index in [-0.39, 0.29) is 11.8 Å². The van der Waals surface area contributed by atoms with E-state index in [1.54, 1.807) is 18.6 Å². The molecule has 2 aromatic heterocycles. The summed E-state index contributed by atoms with van der Waals surface area (Å²) in [6, 6.07) is 8.01. The molecular formula is C20H24N6O. The minimum atomic E-state index is -0.00666. The molecule has 0 unspecified atom stereocenters.